The van der Waals surface area contributed by atoms with Gasteiger partial charge in [0.05, 0.1) is 26.0 Å². The van der Waals surface area contributed by atoms with E-state index in [1.165, 1.54) is 0 Å². The molecule has 0 aliphatic carbocycles. The van der Waals surface area contributed by atoms with Crippen LogP contribution in [-0.4, -0.2) is 71.3 Å². The largest absolute Gasteiger partial charge is 0.493 e. The SMILES string of the molecule is COc1ccc(CCCNC(=O)CC2NCCN(c3cc(C(C)C)nc(-n4ccnc4)n3)C2=C=O)cc1OC. The van der Waals surface area contributed by atoms with E-state index < -0.39 is 6.04 Å². The van der Waals surface area contributed by atoms with Gasteiger partial charge in [0.2, 0.25) is 11.9 Å². The molecule has 1 aliphatic rings. The number of rotatable bonds is 11. The number of ether oxygens (including phenoxy) is 2. The monoisotopic (exact) mass is 533 g/mol. The number of anilines is 1. The molecule has 0 radical (unpaired) electrons. The van der Waals surface area contributed by atoms with Crippen LogP contribution in [0.3, 0.4) is 0 Å². The molecule has 0 bridgehead atoms. The van der Waals surface area contributed by atoms with Crippen molar-refractivity contribution in [3.05, 3.63) is 59.9 Å². The molecule has 0 spiro atoms. The van der Waals surface area contributed by atoms with E-state index in [2.05, 4.69) is 40.4 Å². The third-order valence-electron chi connectivity index (χ3n) is 6.58. The van der Waals surface area contributed by atoms with Gasteiger partial charge in [0.1, 0.15) is 23.8 Å². The minimum absolute atomic E-state index is 0.119. The molecule has 39 heavy (non-hydrogen) atoms. The molecule has 3 aromatic rings. The van der Waals surface area contributed by atoms with Gasteiger partial charge in [0, 0.05) is 44.5 Å². The van der Waals surface area contributed by atoms with Gasteiger partial charge in [-0.05, 0) is 36.5 Å². The van der Waals surface area contributed by atoms with Crippen molar-refractivity contribution in [3.8, 4) is 17.4 Å². The van der Waals surface area contributed by atoms with Gasteiger partial charge in [0.15, 0.2) is 11.5 Å². The molecule has 0 saturated carbocycles. The summed E-state index contributed by atoms with van der Waals surface area (Å²) in [6.45, 7) is 5.73. The first-order chi connectivity index (χ1) is 18.9. The lowest BCUT2D eigenvalue weighted by atomic mass is 10.1. The van der Waals surface area contributed by atoms with Gasteiger partial charge >= 0.3 is 0 Å². The molecule has 4 rings (SSSR count). The number of carbonyl (C=O) groups excluding carboxylic acids is 2. The first-order valence-electron chi connectivity index (χ1n) is 13.0. The number of imidazole rings is 1. The quantitative estimate of drug-likeness (QED) is 0.283. The van der Waals surface area contributed by atoms with Crippen LogP contribution in [0, 0.1) is 0 Å². The Kier molecular flexibility index (Phi) is 9.30. The lowest BCUT2D eigenvalue weighted by Gasteiger charge is -2.35. The molecular weight excluding hydrogens is 498 g/mol. The molecule has 2 N–H and O–H groups in total. The molecule has 1 atom stereocenters. The molecule has 1 aromatic carbocycles. The summed E-state index contributed by atoms with van der Waals surface area (Å²) in [5.41, 5.74) is 2.29. The second kappa shape index (κ2) is 13.0. The van der Waals surface area contributed by atoms with Crippen LogP contribution in [0.2, 0.25) is 0 Å². The van der Waals surface area contributed by atoms with E-state index >= 15 is 0 Å². The summed E-state index contributed by atoms with van der Waals surface area (Å²) in [6.07, 6.45) is 6.73. The molecule has 1 aliphatic heterocycles. The minimum Gasteiger partial charge on any atom is -0.493 e. The van der Waals surface area contributed by atoms with Crippen LogP contribution in [-0.2, 0) is 16.0 Å². The van der Waals surface area contributed by atoms with Crippen LogP contribution in [0.1, 0.15) is 43.9 Å². The van der Waals surface area contributed by atoms with Crippen molar-refractivity contribution in [2.24, 2.45) is 0 Å². The average molecular weight is 534 g/mol. The summed E-state index contributed by atoms with van der Waals surface area (Å²) in [5, 5.41) is 6.25. The number of methoxy groups -OCH3 is 2. The van der Waals surface area contributed by atoms with Gasteiger partial charge in [0.25, 0.3) is 0 Å². The number of hydrogen-bond donors (Lipinski definition) is 2. The van der Waals surface area contributed by atoms with E-state index in [-0.39, 0.29) is 18.2 Å². The number of aryl methyl sites for hydroxylation is 1. The van der Waals surface area contributed by atoms with Crippen molar-refractivity contribution in [1.29, 1.82) is 0 Å². The number of carbonyl (C=O) groups is 1. The lowest BCUT2D eigenvalue weighted by Crippen LogP contribution is -2.51. The fourth-order valence-corrected chi connectivity index (χ4v) is 4.47. The summed E-state index contributed by atoms with van der Waals surface area (Å²) >= 11 is 0. The van der Waals surface area contributed by atoms with E-state index in [0.29, 0.717) is 48.6 Å². The number of nitrogens with zero attached hydrogens (tertiary/aromatic N) is 5. The van der Waals surface area contributed by atoms with Gasteiger partial charge < -0.3 is 25.0 Å². The zero-order valence-corrected chi connectivity index (χ0v) is 22.8. The fourth-order valence-electron chi connectivity index (χ4n) is 4.47. The number of aromatic nitrogens is 4. The van der Waals surface area contributed by atoms with Crippen LogP contribution in [0.5, 0.6) is 11.5 Å². The zero-order chi connectivity index (χ0) is 27.8. The van der Waals surface area contributed by atoms with E-state index in [1.54, 1.807) is 37.5 Å². The zero-order valence-electron chi connectivity index (χ0n) is 22.8. The van der Waals surface area contributed by atoms with Crippen molar-refractivity contribution in [2.45, 2.75) is 45.1 Å². The third kappa shape index (κ3) is 6.81. The molecule has 11 nitrogen and oxygen atoms in total. The number of piperazine rings is 1. The van der Waals surface area contributed by atoms with Gasteiger partial charge in [-0.2, -0.15) is 4.98 Å². The van der Waals surface area contributed by atoms with Crippen molar-refractivity contribution < 1.29 is 19.1 Å². The average Bonchev–Trinajstić information content (AvgIpc) is 3.50. The fraction of sp³-hybridized carbons (Fsp3) is 0.429. The molecule has 1 amide bonds. The number of nitrogens with one attached hydrogen (secondary N) is 2. The maximum absolute atomic E-state index is 12.8. The summed E-state index contributed by atoms with van der Waals surface area (Å²) in [4.78, 5) is 40.2. The normalized spacial score (nSPS) is 15.3. The molecule has 1 saturated heterocycles. The lowest BCUT2D eigenvalue weighted by molar-refractivity contribution is -0.121. The van der Waals surface area contributed by atoms with Gasteiger partial charge in [-0.15, -0.1) is 0 Å². The Morgan fingerprint density at radius 1 is 1.21 bits per heavy atom. The maximum atomic E-state index is 12.8. The Bertz CT molecular complexity index is 1320. The Morgan fingerprint density at radius 2 is 2.03 bits per heavy atom. The Balaban J connectivity index is 1.38. The molecule has 1 fully saturated rings. The maximum Gasteiger partial charge on any atom is 0.237 e. The standard InChI is InChI=1S/C28H35N7O4/c1-19(2)21-15-26(33-28(32-21)34-12-10-29-18-34)35-13-11-30-22(23(35)17-36)16-27(37)31-9-5-6-20-7-8-24(38-3)25(14-20)39-4/h7-8,10,12,14-15,18-19,22,30H,5-6,9,11,13,16H2,1-4H3,(H,31,37). The first-order valence-corrected chi connectivity index (χ1v) is 13.0. The third-order valence-corrected chi connectivity index (χ3v) is 6.58. The molecular formula is C28H35N7O4. The highest BCUT2D eigenvalue weighted by Crippen LogP contribution is 2.28. The van der Waals surface area contributed by atoms with Crippen LogP contribution < -0.4 is 25.0 Å². The number of hydrogen-bond acceptors (Lipinski definition) is 9. The molecule has 206 valence electrons. The van der Waals surface area contributed by atoms with Crippen LogP contribution in [0.4, 0.5) is 5.82 Å². The van der Waals surface area contributed by atoms with E-state index in [0.717, 1.165) is 24.1 Å². The second-order valence-corrected chi connectivity index (χ2v) is 9.57. The Morgan fingerprint density at radius 3 is 2.72 bits per heavy atom. The van der Waals surface area contributed by atoms with Crippen molar-refractivity contribution in [3.63, 3.8) is 0 Å². The first kappa shape index (κ1) is 27.8. The van der Waals surface area contributed by atoms with Crippen LogP contribution >= 0.6 is 0 Å². The Labute approximate surface area is 228 Å². The summed E-state index contributed by atoms with van der Waals surface area (Å²) < 4.78 is 12.4. The predicted octanol–water partition coefficient (Wildman–Crippen LogP) is 2.44. The smallest absolute Gasteiger partial charge is 0.237 e. The van der Waals surface area contributed by atoms with Crippen LogP contribution in [0.15, 0.2) is 48.7 Å². The highest BCUT2D eigenvalue weighted by molar-refractivity contribution is 5.78. The number of benzene rings is 1. The molecule has 2 aromatic heterocycles. The summed E-state index contributed by atoms with van der Waals surface area (Å²) in [7, 11) is 3.21. The van der Waals surface area contributed by atoms with Gasteiger partial charge in [-0.1, -0.05) is 19.9 Å². The predicted molar refractivity (Wildman–Crippen MR) is 147 cm³/mol. The summed E-state index contributed by atoms with van der Waals surface area (Å²) in [5.74, 6) is 4.52. The minimum atomic E-state index is -0.476. The van der Waals surface area contributed by atoms with Crippen molar-refractivity contribution in [2.75, 3.05) is 38.8 Å². The Hall–Kier alpha value is -4.21. The van der Waals surface area contributed by atoms with Crippen molar-refractivity contribution in [1.82, 2.24) is 30.2 Å². The highest BCUT2D eigenvalue weighted by atomic mass is 16.5. The van der Waals surface area contributed by atoms with Crippen LogP contribution in [0.25, 0.3) is 5.95 Å². The van der Waals surface area contributed by atoms with Gasteiger partial charge in [-0.3, -0.25) is 9.36 Å². The van der Waals surface area contributed by atoms with E-state index in [9.17, 15) is 9.59 Å². The van der Waals surface area contributed by atoms with E-state index in [1.807, 2.05) is 29.2 Å². The summed E-state index contributed by atoms with van der Waals surface area (Å²) in [6, 6.07) is 7.22. The number of amides is 1. The van der Waals surface area contributed by atoms with E-state index in [4.69, 9.17) is 14.5 Å². The molecule has 3 heterocycles. The van der Waals surface area contributed by atoms with Gasteiger partial charge in [-0.25, -0.2) is 14.8 Å². The highest BCUT2D eigenvalue weighted by Gasteiger charge is 2.30. The topological polar surface area (TPSA) is 124 Å². The van der Waals surface area contributed by atoms with Crippen molar-refractivity contribution >= 4 is 17.7 Å². The second-order valence-electron chi connectivity index (χ2n) is 9.57. The molecule has 11 heteroatoms. The molecule has 1 unspecified atom stereocenters.